The van der Waals surface area contributed by atoms with Crippen LogP contribution in [0.4, 0.5) is 0 Å². The summed E-state index contributed by atoms with van der Waals surface area (Å²) >= 11 is 0. The van der Waals surface area contributed by atoms with Crippen molar-refractivity contribution < 1.29 is 0 Å². The predicted molar refractivity (Wildman–Crippen MR) is 53.7 cm³/mol. The van der Waals surface area contributed by atoms with E-state index in [0.29, 0.717) is 0 Å². The Kier molecular flexibility index (Phi) is 3.86. The van der Waals surface area contributed by atoms with Gasteiger partial charge in [-0.2, -0.15) is 0 Å². The summed E-state index contributed by atoms with van der Waals surface area (Å²) in [6.07, 6.45) is 4.72. The van der Waals surface area contributed by atoms with Gasteiger partial charge in [-0.05, 0) is 12.0 Å². The molecule has 1 aromatic rings. The van der Waals surface area contributed by atoms with E-state index in [1.54, 1.807) is 0 Å². The molecule has 0 fully saturated rings. The minimum absolute atomic E-state index is 0.832. The van der Waals surface area contributed by atoms with Crippen molar-refractivity contribution in [3.8, 4) is 0 Å². The first-order valence-corrected chi connectivity index (χ1v) is 4.09. The molecule has 0 saturated heterocycles. The topological polar surface area (TPSA) is 12.4 Å². The molecule has 1 nitrogen and oxygen atoms in total. The fourth-order valence-electron chi connectivity index (χ4n) is 0.875. The average Bonchev–Trinajstić information content (AvgIpc) is 2.14. The number of hydrogen-bond acceptors (Lipinski definition) is 1. The third kappa shape index (κ3) is 3.15. The van der Waals surface area contributed by atoms with E-state index in [4.69, 9.17) is 0 Å². The molecule has 0 aliphatic heterocycles. The van der Waals surface area contributed by atoms with Gasteiger partial charge in [0.2, 0.25) is 0 Å². The molecule has 0 radical (unpaired) electrons. The molecular weight excluding hydrogens is 146 g/mol. The molecule has 0 amide bonds. The molecular formula is C11H13N. The van der Waals surface area contributed by atoms with Crippen LogP contribution in [0.25, 0.3) is 0 Å². The van der Waals surface area contributed by atoms with Gasteiger partial charge < -0.3 is 0 Å². The summed E-state index contributed by atoms with van der Waals surface area (Å²) in [6.45, 7) is 4.46. The average molecular weight is 159 g/mol. The van der Waals surface area contributed by atoms with Gasteiger partial charge in [-0.1, -0.05) is 36.4 Å². The standard InChI is InChI=1S/C11H13N/c1-2-3-9-12-10-11-7-5-4-6-8-11/h2,4-8,10H,1,3,9H2. The maximum Gasteiger partial charge on any atom is 0.0423 e. The van der Waals surface area contributed by atoms with Crippen molar-refractivity contribution in [2.75, 3.05) is 6.54 Å². The molecule has 0 unspecified atom stereocenters. The monoisotopic (exact) mass is 159 g/mol. The van der Waals surface area contributed by atoms with Crippen molar-refractivity contribution in [2.45, 2.75) is 6.42 Å². The zero-order valence-electron chi connectivity index (χ0n) is 7.11. The van der Waals surface area contributed by atoms with Crippen molar-refractivity contribution in [3.63, 3.8) is 0 Å². The van der Waals surface area contributed by atoms with Gasteiger partial charge in [0.1, 0.15) is 0 Å². The van der Waals surface area contributed by atoms with Crippen LogP contribution in [0.3, 0.4) is 0 Å². The van der Waals surface area contributed by atoms with Gasteiger partial charge in [0.15, 0.2) is 0 Å². The Morgan fingerprint density at radius 3 is 2.67 bits per heavy atom. The minimum atomic E-state index is 0.832. The summed E-state index contributed by atoms with van der Waals surface area (Å²) in [5.74, 6) is 0. The fourth-order valence-corrected chi connectivity index (χ4v) is 0.875. The highest BCUT2D eigenvalue weighted by molar-refractivity contribution is 5.79. The second kappa shape index (κ2) is 5.30. The lowest BCUT2D eigenvalue weighted by atomic mass is 10.2. The van der Waals surface area contributed by atoms with Crippen LogP contribution in [0.2, 0.25) is 0 Å². The molecule has 1 rings (SSSR count). The van der Waals surface area contributed by atoms with E-state index in [9.17, 15) is 0 Å². The van der Waals surface area contributed by atoms with Gasteiger partial charge in [-0.15, -0.1) is 6.58 Å². The van der Waals surface area contributed by atoms with Crippen LogP contribution in [0.15, 0.2) is 48.0 Å². The van der Waals surface area contributed by atoms with E-state index < -0.39 is 0 Å². The van der Waals surface area contributed by atoms with Gasteiger partial charge in [0.25, 0.3) is 0 Å². The Hall–Kier alpha value is -1.37. The van der Waals surface area contributed by atoms with Crippen molar-refractivity contribution >= 4 is 6.21 Å². The first kappa shape index (κ1) is 8.72. The molecule has 0 bridgehead atoms. The van der Waals surface area contributed by atoms with Gasteiger partial charge in [0, 0.05) is 12.8 Å². The Balaban J connectivity index is 2.41. The molecule has 0 aliphatic rings. The van der Waals surface area contributed by atoms with Crippen molar-refractivity contribution in [1.29, 1.82) is 0 Å². The molecule has 1 heteroatoms. The molecule has 0 aromatic heterocycles. The van der Waals surface area contributed by atoms with E-state index in [0.717, 1.165) is 18.5 Å². The molecule has 0 atom stereocenters. The fraction of sp³-hybridized carbons (Fsp3) is 0.182. The maximum atomic E-state index is 4.24. The normalized spacial score (nSPS) is 10.3. The Labute approximate surface area is 73.5 Å². The van der Waals surface area contributed by atoms with E-state index in [-0.39, 0.29) is 0 Å². The third-order valence-electron chi connectivity index (χ3n) is 1.50. The molecule has 0 heterocycles. The Bertz CT molecular complexity index is 249. The predicted octanol–water partition coefficient (Wildman–Crippen LogP) is 2.68. The van der Waals surface area contributed by atoms with E-state index in [2.05, 4.69) is 11.6 Å². The summed E-state index contributed by atoms with van der Waals surface area (Å²) in [4.78, 5) is 4.24. The zero-order valence-corrected chi connectivity index (χ0v) is 7.11. The second-order valence-corrected chi connectivity index (χ2v) is 2.52. The van der Waals surface area contributed by atoms with Gasteiger partial charge in [0.05, 0.1) is 0 Å². The van der Waals surface area contributed by atoms with Crippen LogP contribution in [0.1, 0.15) is 12.0 Å². The molecule has 0 spiro atoms. The van der Waals surface area contributed by atoms with Crippen LogP contribution in [0, 0.1) is 0 Å². The smallest absolute Gasteiger partial charge is 0.0423 e. The lowest BCUT2D eigenvalue weighted by molar-refractivity contribution is 1.02. The number of aliphatic imine (C=N–C) groups is 1. The summed E-state index contributed by atoms with van der Waals surface area (Å²) in [6, 6.07) is 10.1. The second-order valence-electron chi connectivity index (χ2n) is 2.52. The molecule has 1 aromatic carbocycles. The summed E-state index contributed by atoms with van der Waals surface area (Å²) in [5, 5.41) is 0. The van der Waals surface area contributed by atoms with E-state index in [1.807, 2.05) is 42.6 Å². The quantitative estimate of drug-likeness (QED) is 0.364. The Morgan fingerprint density at radius 1 is 1.25 bits per heavy atom. The number of rotatable bonds is 4. The van der Waals surface area contributed by atoms with Gasteiger partial charge in [-0.25, -0.2) is 0 Å². The highest BCUT2D eigenvalue weighted by Gasteiger charge is 1.81. The largest absolute Gasteiger partial charge is 0.292 e. The lowest BCUT2D eigenvalue weighted by Crippen LogP contribution is -1.81. The van der Waals surface area contributed by atoms with Crippen LogP contribution >= 0.6 is 0 Å². The van der Waals surface area contributed by atoms with Crippen molar-refractivity contribution in [1.82, 2.24) is 0 Å². The van der Waals surface area contributed by atoms with Crippen molar-refractivity contribution in [3.05, 3.63) is 48.6 Å². The van der Waals surface area contributed by atoms with Gasteiger partial charge >= 0.3 is 0 Å². The van der Waals surface area contributed by atoms with Gasteiger partial charge in [-0.3, -0.25) is 4.99 Å². The minimum Gasteiger partial charge on any atom is -0.292 e. The molecule has 0 N–H and O–H groups in total. The summed E-state index contributed by atoms with van der Waals surface area (Å²) in [5.41, 5.74) is 1.15. The lowest BCUT2D eigenvalue weighted by Gasteiger charge is -1.90. The van der Waals surface area contributed by atoms with E-state index in [1.165, 1.54) is 0 Å². The van der Waals surface area contributed by atoms with Crippen molar-refractivity contribution in [2.24, 2.45) is 4.99 Å². The van der Waals surface area contributed by atoms with Crippen LogP contribution in [0.5, 0.6) is 0 Å². The highest BCUT2D eigenvalue weighted by Crippen LogP contribution is 1.94. The zero-order chi connectivity index (χ0) is 8.65. The van der Waals surface area contributed by atoms with E-state index >= 15 is 0 Å². The third-order valence-corrected chi connectivity index (χ3v) is 1.50. The number of nitrogens with zero attached hydrogens (tertiary/aromatic N) is 1. The number of benzene rings is 1. The van der Waals surface area contributed by atoms with Crippen LogP contribution in [-0.4, -0.2) is 12.8 Å². The molecule has 0 aliphatic carbocycles. The summed E-state index contributed by atoms with van der Waals surface area (Å²) < 4.78 is 0. The van der Waals surface area contributed by atoms with Crippen LogP contribution in [-0.2, 0) is 0 Å². The van der Waals surface area contributed by atoms with Crippen LogP contribution < -0.4 is 0 Å². The molecule has 12 heavy (non-hydrogen) atoms. The molecule has 0 saturated carbocycles. The highest BCUT2D eigenvalue weighted by atomic mass is 14.7. The SMILES string of the molecule is C=CCCN=Cc1ccccc1. The first-order chi connectivity index (χ1) is 5.93. The number of hydrogen-bond donors (Lipinski definition) is 0. The first-order valence-electron chi connectivity index (χ1n) is 4.09. The maximum absolute atomic E-state index is 4.24. The Morgan fingerprint density at radius 2 is 2.00 bits per heavy atom. The summed E-state index contributed by atoms with van der Waals surface area (Å²) in [7, 11) is 0. The molecule has 62 valence electrons.